The van der Waals surface area contributed by atoms with Crippen molar-refractivity contribution in [2.75, 3.05) is 0 Å². The zero-order valence-electron chi connectivity index (χ0n) is 11.7. The maximum absolute atomic E-state index is 6.41. The Morgan fingerprint density at radius 2 is 1.37 bits per heavy atom. The smallest absolute Gasteiger partial charge is 0.0248 e. The van der Waals surface area contributed by atoms with Crippen LogP contribution in [0.2, 0.25) is 0 Å². The standard InChI is InChI=1S/C18H21N/c1-17(2,18(19)12-13-18)16-10-8-15(9-11-16)14-6-4-3-5-7-14/h3-11H,12-13,19H2,1-2H3. The Hall–Kier alpha value is -1.60. The maximum Gasteiger partial charge on any atom is 0.0248 e. The first-order valence-corrected chi connectivity index (χ1v) is 6.98. The lowest BCUT2D eigenvalue weighted by Crippen LogP contribution is -2.43. The molecule has 0 unspecified atom stereocenters. The van der Waals surface area contributed by atoms with Crippen LogP contribution in [0.1, 0.15) is 32.3 Å². The summed E-state index contributed by atoms with van der Waals surface area (Å²) in [5.74, 6) is 0. The molecule has 98 valence electrons. The fourth-order valence-corrected chi connectivity index (χ4v) is 2.76. The van der Waals surface area contributed by atoms with Crippen LogP contribution in [-0.4, -0.2) is 5.54 Å². The molecule has 1 heteroatoms. The van der Waals surface area contributed by atoms with Gasteiger partial charge in [0.25, 0.3) is 0 Å². The van der Waals surface area contributed by atoms with E-state index in [0.717, 1.165) is 12.8 Å². The summed E-state index contributed by atoms with van der Waals surface area (Å²) >= 11 is 0. The summed E-state index contributed by atoms with van der Waals surface area (Å²) in [6, 6.07) is 19.4. The van der Waals surface area contributed by atoms with Gasteiger partial charge in [0.2, 0.25) is 0 Å². The topological polar surface area (TPSA) is 26.0 Å². The molecule has 0 aromatic heterocycles. The summed E-state index contributed by atoms with van der Waals surface area (Å²) in [7, 11) is 0. The highest BCUT2D eigenvalue weighted by molar-refractivity contribution is 5.63. The molecule has 2 aromatic rings. The van der Waals surface area contributed by atoms with Crippen LogP contribution in [-0.2, 0) is 5.41 Å². The van der Waals surface area contributed by atoms with Gasteiger partial charge in [0.05, 0.1) is 0 Å². The minimum atomic E-state index is 0.00125. The number of hydrogen-bond donors (Lipinski definition) is 1. The van der Waals surface area contributed by atoms with Crippen LogP contribution in [0.3, 0.4) is 0 Å². The molecule has 1 aliphatic rings. The lowest BCUT2D eigenvalue weighted by molar-refractivity contribution is 0.391. The van der Waals surface area contributed by atoms with Crippen LogP contribution in [0.25, 0.3) is 11.1 Å². The van der Waals surface area contributed by atoms with Gasteiger partial charge in [-0.1, -0.05) is 68.4 Å². The highest BCUT2D eigenvalue weighted by Gasteiger charge is 2.51. The SMILES string of the molecule is CC(C)(c1ccc(-c2ccccc2)cc1)C1(N)CC1. The summed E-state index contributed by atoms with van der Waals surface area (Å²) in [4.78, 5) is 0. The number of hydrogen-bond acceptors (Lipinski definition) is 1. The molecule has 0 bridgehead atoms. The zero-order chi connectivity index (χ0) is 13.5. The van der Waals surface area contributed by atoms with E-state index in [4.69, 9.17) is 5.73 Å². The molecule has 1 fully saturated rings. The first-order chi connectivity index (χ1) is 9.03. The third kappa shape index (κ3) is 2.08. The molecule has 0 aliphatic heterocycles. The van der Waals surface area contributed by atoms with Gasteiger partial charge in [-0.05, 0) is 29.5 Å². The van der Waals surface area contributed by atoms with Crippen molar-refractivity contribution in [3.63, 3.8) is 0 Å². The highest BCUT2D eigenvalue weighted by Crippen LogP contribution is 2.49. The molecule has 19 heavy (non-hydrogen) atoms. The molecule has 1 nitrogen and oxygen atoms in total. The third-order valence-electron chi connectivity index (χ3n) is 4.75. The summed E-state index contributed by atoms with van der Waals surface area (Å²) in [6.45, 7) is 4.52. The van der Waals surface area contributed by atoms with Gasteiger partial charge in [0.1, 0.15) is 0 Å². The van der Waals surface area contributed by atoms with Crippen LogP contribution >= 0.6 is 0 Å². The molecule has 0 spiro atoms. The second-order valence-corrected chi connectivity index (χ2v) is 6.22. The monoisotopic (exact) mass is 251 g/mol. The van der Waals surface area contributed by atoms with E-state index in [9.17, 15) is 0 Å². The molecule has 2 aromatic carbocycles. The summed E-state index contributed by atoms with van der Waals surface area (Å²) in [6.07, 6.45) is 2.28. The average Bonchev–Trinajstić information content (AvgIpc) is 3.20. The lowest BCUT2D eigenvalue weighted by atomic mass is 9.76. The minimum absolute atomic E-state index is 0.00125. The van der Waals surface area contributed by atoms with E-state index < -0.39 is 0 Å². The van der Waals surface area contributed by atoms with Crippen molar-refractivity contribution in [2.24, 2.45) is 5.73 Å². The van der Waals surface area contributed by atoms with Gasteiger partial charge in [0.15, 0.2) is 0 Å². The Morgan fingerprint density at radius 1 is 0.842 bits per heavy atom. The molecule has 0 saturated heterocycles. The number of nitrogens with two attached hydrogens (primary N) is 1. The Balaban J connectivity index is 1.92. The molecule has 1 saturated carbocycles. The highest BCUT2D eigenvalue weighted by atomic mass is 14.9. The van der Waals surface area contributed by atoms with Crippen molar-refractivity contribution in [3.05, 3.63) is 60.2 Å². The fourth-order valence-electron chi connectivity index (χ4n) is 2.76. The van der Waals surface area contributed by atoms with Gasteiger partial charge >= 0.3 is 0 Å². The molecular formula is C18H21N. The maximum atomic E-state index is 6.41. The van der Waals surface area contributed by atoms with E-state index in [-0.39, 0.29) is 11.0 Å². The van der Waals surface area contributed by atoms with Crippen LogP contribution in [0, 0.1) is 0 Å². The Labute approximate surface area is 115 Å². The molecule has 0 atom stereocenters. The van der Waals surface area contributed by atoms with Gasteiger partial charge in [0, 0.05) is 11.0 Å². The van der Waals surface area contributed by atoms with E-state index in [0.29, 0.717) is 0 Å². The summed E-state index contributed by atoms with van der Waals surface area (Å²) in [5.41, 5.74) is 10.3. The average molecular weight is 251 g/mol. The molecular weight excluding hydrogens is 230 g/mol. The van der Waals surface area contributed by atoms with Crippen molar-refractivity contribution in [1.82, 2.24) is 0 Å². The quantitative estimate of drug-likeness (QED) is 0.872. The van der Waals surface area contributed by atoms with Crippen molar-refractivity contribution in [3.8, 4) is 11.1 Å². The van der Waals surface area contributed by atoms with E-state index in [1.807, 2.05) is 6.07 Å². The first-order valence-electron chi connectivity index (χ1n) is 6.98. The molecule has 0 radical (unpaired) electrons. The van der Waals surface area contributed by atoms with Crippen molar-refractivity contribution in [2.45, 2.75) is 37.6 Å². The van der Waals surface area contributed by atoms with Gasteiger partial charge in [-0.2, -0.15) is 0 Å². The number of rotatable bonds is 3. The van der Waals surface area contributed by atoms with E-state index >= 15 is 0 Å². The van der Waals surface area contributed by atoms with Crippen LogP contribution < -0.4 is 5.73 Å². The van der Waals surface area contributed by atoms with Crippen molar-refractivity contribution in [1.29, 1.82) is 0 Å². The Morgan fingerprint density at radius 3 is 1.89 bits per heavy atom. The Kier molecular flexibility index (Phi) is 2.75. The van der Waals surface area contributed by atoms with Crippen molar-refractivity contribution >= 4 is 0 Å². The molecule has 1 aliphatic carbocycles. The van der Waals surface area contributed by atoms with Crippen LogP contribution in [0.4, 0.5) is 0 Å². The third-order valence-corrected chi connectivity index (χ3v) is 4.75. The predicted octanol–water partition coefficient (Wildman–Crippen LogP) is 4.12. The van der Waals surface area contributed by atoms with Gasteiger partial charge < -0.3 is 5.73 Å². The largest absolute Gasteiger partial charge is 0.324 e. The van der Waals surface area contributed by atoms with Gasteiger partial charge in [-0.15, -0.1) is 0 Å². The fraction of sp³-hybridized carbons (Fsp3) is 0.333. The second kappa shape index (κ2) is 4.21. The van der Waals surface area contributed by atoms with E-state index in [1.165, 1.54) is 16.7 Å². The second-order valence-electron chi connectivity index (χ2n) is 6.22. The Bertz CT molecular complexity index is 562. The molecule has 0 heterocycles. The molecule has 2 N–H and O–H groups in total. The molecule has 3 rings (SSSR count). The zero-order valence-corrected chi connectivity index (χ0v) is 11.7. The van der Waals surface area contributed by atoms with Gasteiger partial charge in [-0.3, -0.25) is 0 Å². The number of benzene rings is 2. The summed E-state index contributed by atoms with van der Waals surface area (Å²) in [5, 5.41) is 0. The normalized spacial score (nSPS) is 17.2. The van der Waals surface area contributed by atoms with E-state index in [2.05, 4.69) is 62.4 Å². The minimum Gasteiger partial charge on any atom is -0.324 e. The summed E-state index contributed by atoms with van der Waals surface area (Å²) < 4.78 is 0. The predicted molar refractivity (Wildman–Crippen MR) is 81.1 cm³/mol. The molecule has 0 amide bonds. The lowest BCUT2D eigenvalue weighted by Gasteiger charge is -2.32. The first kappa shape index (κ1) is 12.4. The van der Waals surface area contributed by atoms with Crippen LogP contribution in [0.15, 0.2) is 54.6 Å². The van der Waals surface area contributed by atoms with Crippen LogP contribution in [0.5, 0.6) is 0 Å². The van der Waals surface area contributed by atoms with Gasteiger partial charge in [-0.25, -0.2) is 0 Å². The van der Waals surface area contributed by atoms with E-state index in [1.54, 1.807) is 0 Å². The van der Waals surface area contributed by atoms with Crippen molar-refractivity contribution < 1.29 is 0 Å².